The highest BCUT2D eigenvalue weighted by Gasteiger charge is 2.10. The zero-order valence-electron chi connectivity index (χ0n) is 8.84. The van der Waals surface area contributed by atoms with Crippen LogP contribution in [0.1, 0.15) is 24.2 Å². The molecule has 0 bridgehead atoms. The van der Waals surface area contributed by atoms with Crippen molar-refractivity contribution in [2.24, 2.45) is 7.05 Å². The smallest absolute Gasteiger partial charge is 0.0540 e. The van der Waals surface area contributed by atoms with E-state index >= 15 is 0 Å². The molecule has 1 atom stereocenters. The van der Waals surface area contributed by atoms with Crippen LogP contribution in [-0.2, 0) is 7.05 Å². The van der Waals surface area contributed by atoms with E-state index in [9.17, 15) is 0 Å². The Labute approximate surface area is 93.3 Å². The summed E-state index contributed by atoms with van der Waals surface area (Å²) in [6, 6.07) is 0.304. The lowest BCUT2D eigenvalue weighted by atomic mass is 10.1. The molecule has 1 rings (SSSR count). The van der Waals surface area contributed by atoms with Crippen LogP contribution in [-0.4, -0.2) is 16.3 Å². The molecule has 0 saturated carbocycles. The fraction of sp³-hybridized carbons (Fsp3) is 0.500. The summed E-state index contributed by atoms with van der Waals surface area (Å²) in [5, 5.41) is 7.56. The van der Waals surface area contributed by atoms with Gasteiger partial charge in [-0.25, -0.2) is 0 Å². The SMILES string of the molecule is C=C(Br)CNC(C)c1cnn(C)c1C. The van der Waals surface area contributed by atoms with Crippen molar-refractivity contribution in [3.63, 3.8) is 0 Å². The van der Waals surface area contributed by atoms with Crippen molar-refractivity contribution in [1.82, 2.24) is 15.1 Å². The molecule has 0 spiro atoms. The van der Waals surface area contributed by atoms with Crippen molar-refractivity contribution < 1.29 is 0 Å². The van der Waals surface area contributed by atoms with Crippen LogP contribution in [0.5, 0.6) is 0 Å². The summed E-state index contributed by atoms with van der Waals surface area (Å²) in [4.78, 5) is 0. The Kier molecular flexibility index (Phi) is 3.89. The second-order valence-electron chi connectivity index (χ2n) is 3.43. The average molecular weight is 258 g/mol. The third kappa shape index (κ3) is 2.69. The van der Waals surface area contributed by atoms with Crippen molar-refractivity contribution in [2.75, 3.05) is 6.54 Å². The molecule has 1 N–H and O–H groups in total. The molecule has 0 fully saturated rings. The van der Waals surface area contributed by atoms with E-state index in [4.69, 9.17) is 0 Å². The predicted molar refractivity (Wildman–Crippen MR) is 62.4 cm³/mol. The van der Waals surface area contributed by atoms with Gasteiger partial charge in [0, 0.05) is 35.4 Å². The van der Waals surface area contributed by atoms with Crippen LogP contribution in [0.3, 0.4) is 0 Å². The maximum Gasteiger partial charge on any atom is 0.0540 e. The molecule has 0 saturated heterocycles. The number of halogens is 1. The first-order valence-electron chi connectivity index (χ1n) is 4.57. The van der Waals surface area contributed by atoms with Crippen molar-refractivity contribution in [1.29, 1.82) is 0 Å². The Morgan fingerprint density at radius 2 is 2.43 bits per heavy atom. The minimum Gasteiger partial charge on any atom is -0.306 e. The van der Waals surface area contributed by atoms with Gasteiger partial charge in [0.05, 0.1) is 6.20 Å². The van der Waals surface area contributed by atoms with Crippen molar-refractivity contribution >= 4 is 15.9 Å². The molecule has 0 aliphatic heterocycles. The van der Waals surface area contributed by atoms with Gasteiger partial charge in [-0.15, -0.1) is 0 Å². The van der Waals surface area contributed by atoms with Crippen molar-refractivity contribution in [3.8, 4) is 0 Å². The highest BCUT2D eigenvalue weighted by molar-refractivity contribution is 9.11. The summed E-state index contributed by atoms with van der Waals surface area (Å²) in [6.45, 7) is 8.75. The quantitative estimate of drug-likeness (QED) is 0.898. The highest BCUT2D eigenvalue weighted by atomic mass is 79.9. The molecule has 1 unspecified atom stereocenters. The molecule has 78 valence electrons. The topological polar surface area (TPSA) is 29.9 Å². The highest BCUT2D eigenvalue weighted by Crippen LogP contribution is 2.16. The summed E-state index contributed by atoms with van der Waals surface area (Å²) in [6.07, 6.45) is 1.91. The van der Waals surface area contributed by atoms with Gasteiger partial charge >= 0.3 is 0 Å². The third-order valence-corrected chi connectivity index (χ3v) is 2.62. The number of aromatic nitrogens is 2. The van der Waals surface area contributed by atoms with Gasteiger partial charge in [-0.3, -0.25) is 4.68 Å². The predicted octanol–water partition coefficient (Wildman–Crippen LogP) is 2.29. The first kappa shape index (κ1) is 11.5. The average Bonchev–Trinajstić information content (AvgIpc) is 2.44. The molecule has 0 aliphatic rings. The van der Waals surface area contributed by atoms with Crippen molar-refractivity contribution in [3.05, 3.63) is 28.5 Å². The summed E-state index contributed by atoms with van der Waals surface area (Å²) in [5.74, 6) is 0. The van der Waals surface area contributed by atoms with Crippen molar-refractivity contribution in [2.45, 2.75) is 19.9 Å². The zero-order valence-corrected chi connectivity index (χ0v) is 10.4. The number of nitrogens with one attached hydrogen (secondary N) is 1. The van der Waals surface area contributed by atoms with E-state index in [2.05, 4.69) is 46.8 Å². The van der Waals surface area contributed by atoms with Gasteiger partial charge in [0.15, 0.2) is 0 Å². The fourth-order valence-electron chi connectivity index (χ4n) is 1.31. The molecular formula is C10H16BrN3. The van der Waals surface area contributed by atoms with Gasteiger partial charge in [0.25, 0.3) is 0 Å². The lowest BCUT2D eigenvalue weighted by Crippen LogP contribution is -2.20. The molecule has 0 aromatic carbocycles. The molecule has 1 aromatic heterocycles. The summed E-state index contributed by atoms with van der Waals surface area (Å²) in [5.41, 5.74) is 2.44. The van der Waals surface area contributed by atoms with Crippen LogP contribution >= 0.6 is 15.9 Å². The van der Waals surface area contributed by atoms with Crippen LogP contribution in [0.4, 0.5) is 0 Å². The van der Waals surface area contributed by atoms with Gasteiger partial charge in [0.1, 0.15) is 0 Å². The minimum atomic E-state index is 0.304. The summed E-state index contributed by atoms with van der Waals surface area (Å²) in [7, 11) is 1.95. The number of hydrogen-bond donors (Lipinski definition) is 1. The first-order chi connectivity index (χ1) is 6.52. The molecule has 1 aromatic rings. The Bertz CT molecular complexity index is 330. The molecule has 4 heteroatoms. The molecule has 1 heterocycles. The molecular weight excluding hydrogens is 242 g/mol. The third-order valence-electron chi connectivity index (χ3n) is 2.34. The van der Waals surface area contributed by atoms with E-state index in [1.165, 1.54) is 11.3 Å². The van der Waals surface area contributed by atoms with E-state index < -0.39 is 0 Å². The molecule has 3 nitrogen and oxygen atoms in total. The van der Waals surface area contributed by atoms with Gasteiger partial charge in [0.2, 0.25) is 0 Å². The maximum atomic E-state index is 4.21. The fourth-order valence-corrected chi connectivity index (χ4v) is 1.48. The number of rotatable bonds is 4. The number of hydrogen-bond acceptors (Lipinski definition) is 2. The Hall–Kier alpha value is -0.610. The monoisotopic (exact) mass is 257 g/mol. The molecule has 0 aliphatic carbocycles. The Morgan fingerprint density at radius 3 is 2.86 bits per heavy atom. The van der Waals surface area contributed by atoms with E-state index in [1.807, 2.05) is 17.9 Å². The van der Waals surface area contributed by atoms with Gasteiger partial charge in [-0.1, -0.05) is 22.5 Å². The Balaban J connectivity index is 2.65. The molecule has 0 amide bonds. The maximum absolute atomic E-state index is 4.21. The van der Waals surface area contributed by atoms with E-state index in [0.29, 0.717) is 6.04 Å². The van der Waals surface area contributed by atoms with Crippen LogP contribution in [0.2, 0.25) is 0 Å². The van der Waals surface area contributed by atoms with E-state index in [0.717, 1.165) is 11.0 Å². The lowest BCUT2D eigenvalue weighted by Gasteiger charge is -2.12. The molecule has 0 radical (unpaired) electrons. The van der Waals surface area contributed by atoms with Gasteiger partial charge < -0.3 is 5.32 Å². The van der Waals surface area contributed by atoms with Crippen LogP contribution < -0.4 is 5.32 Å². The Morgan fingerprint density at radius 1 is 1.79 bits per heavy atom. The molecule has 14 heavy (non-hydrogen) atoms. The van der Waals surface area contributed by atoms with E-state index in [-0.39, 0.29) is 0 Å². The van der Waals surface area contributed by atoms with Crippen LogP contribution in [0, 0.1) is 6.92 Å². The van der Waals surface area contributed by atoms with E-state index in [1.54, 1.807) is 0 Å². The minimum absolute atomic E-state index is 0.304. The van der Waals surface area contributed by atoms with Crippen LogP contribution in [0.15, 0.2) is 17.3 Å². The normalized spacial score (nSPS) is 12.9. The first-order valence-corrected chi connectivity index (χ1v) is 5.37. The largest absolute Gasteiger partial charge is 0.306 e. The number of nitrogens with zero attached hydrogens (tertiary/aromatic N) is 2. The van der Waals surface area contributed by atoms with Gasteiger partial charge in [-0.2, -0.15) is 5.10 Å². The van der Waals surface area contributed by atoms with Crippen LogP contribution in [0.25, 0.3) is 0 Å². The second-order valence-corrected chi connectivity index (χ2v) is 4.55. The zero-order chi connectivity index (χ0) is 10.7. The standard InChI is InChI=1S/C10H16BrN3/c1-7(11)5-12-8(2)10-6-13-14(4)9(10)3/h6,8,12H,1,5H2,2-4H3. The lowest BCUT2D eigenvalue weighted by molar-refractivity contribution is 0.610. The summed E-state index contributed by atoms with van der Waals surface area (Å²) < 4.78 is 2.85. The number of aryl methyl sites for hydroxylation is 1. The summed E-state index contributed by atoms with van der Waals surface area (Å²) >= 11 is 3.32. The van der Waals surface area contributed by atoms with Gasteiger partial charge in [-0.05, 0) is 13.8 Å². The second kappa shape index (κ2) is 4.75.